The summed E-state index contributed by atoms with van der Waals surface area (Å²) < 4.78 is 12.7. The van der Waals surface area contributed by atoms with E-state index in [0.29, 0.717) is 11.3 Å². The maximum Gasteiger partial charge on any atom is 0.319 e. The second-order valence-corrected chi connectivity index (χ2v) is 4.71. The summed E-state index contributed by atoms with van der Waals surface area (Å²) in [6, 6.07) is 10.1. The fraction of sp³-hybridized carbons (Fsp3) is 0.133. The van der Waals surface area contributed by atoms with Gasteiger partial charge in [-0.05, 0) is 42.0 Å². The number of benzene rings is 2. The summed E-state index contributed by atoms with van der Waals surface area (Å²) in [6.45, 7) is -0.0785. The first kappa shape index (κ1) is 16.4. The third-order valence-electron chi connectivity index (χ3n) is 3.05. The number of nitrogens with one attached hydrogen (secondary N) is 2. The fourth-order valence-corrected chi connectivity index (χ4v) is 1.83. The molecular weight excluding hydrogens is 305 g/mol. The molecule has 8 heteroatoms. The molecule has 0 saturated heterocycles. The first-order chi connectivity index (χ1) is 11.0. The minimum absolute atomic E-state index is 0.0785. The number of nitro groups is 1. The molecule has 1 unspecified atom stereocenters. The van der Waals surface area contributed by atoms with Crippen LogP contribution in [-0.4, -0.2) is 22.6 Å². The third kappa shape index (κ3) is 4.75. The highest BCUT2D eigenvalue weighted by Crippen LogP contribution is 2.17. The molecule has 0 spiro atoms. The van der Waals surface area contributed by atoms with Crippen molar-refractivity contribution in [2.45, 2.75) is 6.10 Å². The van der Waals surface area contributed by atoms with Gasteiger partial charge >= 0.3 is 6.03 Å². The van der Waals surface area contributed by atoms with Gasteiger partial charge in [0, 0.05) is 24.4 Å². The lowest BCUT2D eigenvalue weighted by molar-refractivity contribution is -0.384. The van der Waals surface area contributed by atoms with Gasteiger partial charge in [0.15, 0.2) is 0 Å². The lowest BCUT2D eigenvalue weighted by Crippen LogP contribution is -2.32. The van der Waals surface area contributed by atoms with Gasteiger partial charge in [-0.15, -0.1) is 0 Å². The summed E-state index contributed by atoms with van der Waals surface area (Å²) in [5, 5.41) is 25.4. The van der Waals surface area contributed by atoms with Crippen molar-refractivity contribution in [2.24, 2.45) is 0 Å². The van der Waals surface area contributed by atoms with Crippen LogP contribution in [0.3, 0.4) is 0 Å². The van der Waals surface area contributed by atoms with E-state index in [0.717, 1.165) is 0 Å². The number of halogens is 1. The van der Waals surface area contributed by atoms with Gasteiger partial charge < -0.3 is 15.7 Å². The van der Waals surface area contributed by atoms with E-state index in [4.69, 9.17) is 0 Å². The molecule has 7 nitrogen and oxygen atoms in total. The van der Waals surface area contributed by atoms with E-state index >= 15 is 0 Å². The van der Waals surface area contributed by atoms with Gasteiger partial charge in [0.2, 0.25) is 0 Å². The van der Waals surface area contributed by atoms with Crippen LogP contribution in [-0.2, 0) is 0 Å². The zero-order chi connectivity index (χ0) is 16.8. The molecule has 2 rings (SSSR count). The lowest BCUT2D eigenvalue weighted by Gasteiger charge is -2.13. The van der Waals surface area contributed by atoms with E-state index in [9.17, 15) is 24.4 Å². The molecular formula is C15H14FN3O4. The Hall–Kier alpha value is -3.00. The van der Waals surface area contributed by atoms with Gasteiger partial charge in [0.05, 0.1) is 11.0 Å². The molecule has 2 amide bonds. The van der Waals surface area contributed by atoms with Gasteiger partial charge in [-0.25, -0.2) is 9.18 Å². The Morgan fingerprint density at radius 3 is 2.35 bits per heavy atom. The van der Waals surface area contributed by atoms with Crippen LogP contribution in [0.25, 0.3) is 0 Å². The number of amides is 2. The Labute approximate surface area is 130 Å². The Balaban J connectivity index is 1.85. The van der Waals surface area contributed by atoms with E-state index in [1.54, 1.807) is 0 Å². The summed E-state index contributed by atoms with van der Waals surface area (Å²) in [7, 11) is 0. The Morgan fingerprint density at radius 2 is 1.78 bits per heavy atom. The SMILES string of the molecule is O=C(NCC(O)c1ccc([N+](=O)[O-])cc1)Nc1ccc(F)cc1. The van der Waals surface area contributed by atoms with Crippen LogP contribution in [0.4, 0.5) is 20.6 Å². The molecule has 2 aromatic carbocycles. The van der Waals surface area contributed by atoms with Gasteiger partial charge in [-0.2, -0.15) is 0 Å². The standard InChI is InChI=1S/C15H14FN3O4/c16-11-3-5-12(6-4-11)18-15(21)17-9-14(20)10-1-7-13(8-2-10)19(22)23/h1-8,14,20H,9H2,(H2,17,18,21). The van der Waals surface area contributed by atoms with Gasteiger partial charge in [-0.3, -0.25) is 10.1 Å². The zero-order valence-electron chi connectivity index (χ0n) is 11.9. The predicted octanol–water partition coefficient (Wildman–Crippen LogP) is 2.59. The number of nitrogens with zero attached hydrogens (tertiary/aromatic N) is 1. The van der Waals surface area contributed by atoms with Crippen LogP contribution in [0.15, 0.2) is 48.5 Å². The van der Waals surface area contributed by atoms with Crippen molar-refractivity contribution in [3.63, 3.8) is 0 Å². The fourth-order valence-electron chi connectivity index (χ4n) is 1.83. The maximum absolute atomic E-state index is 12.7. The molecule has 0 aromatic heterocycles. The quantitative estimate of drug-likeness (QED) is 0.582. The van der Waals surface area contributed by atoms with Gasteiger partial charge in [0.25, 0.3) is 5.69 Å². The Bertz CT molecular complexity index is 689. The first-order valence-corrected chi connectivity index (χ1v) is 6.68. The van der Waals surface area contributed by atoms with Crippen LogP contribution < -0.4 is 10.6 Å². The third-order valence-corrected chi connectivity index (χ3v) is 3.05. The number of nitro benzene ring substituents is 1. The highest BCUT2D eigenvalue weighted by atomic mass is 19.1. The van der Waals surface area contributed by atoms with Crippen LogP contribution in [0, 0.1) is 15.9 Å². The second-order valence-electron chi connectivity index (χ2n) is 4.71. The summed E-state index contributed by atoms with van der Waals surface area (Å²) >= 11 is 0. The number of carbonyl (C=O) groups excluding carboxylic acids is 1. The van der Waals surface area contributed by atoms with Crippen LogP contribution in [0.2, 0.25) is 0 Å². The molecule has 0 bridgehead atoms. The Kier molecular flexibility index (Phi) is 5.21. The summed E-state index contributed by atoms with van der Waals surface area (Å²) in [5.74, 6) is -0.412. The normalized spacial score (nSPS) is 11.6. The minimum Gasteiger partial charge on any atom is -0.387 e. The molecule has 0 heterocycles. The molecule has 0 saturated carbocycles. The van der Waals surface area contributed by atoms with Crippen molar-refractivity contribution in [3.8, 4) is 0 Å². The van der Waals surface area contributed by atoms with E-state index in [2.05, 4.69) is 10.6 Å². The maximum atomic E-state index is 12.7. The van der Waals surface area contributed by atoms with Crippen LogP contribution in [0.5, 0.6) is 0 Å². The number of hydrogen-bond acceptors (Lipinski definition) is 4. The molecule has 0 aliphatic rings. The monoisotopic (exact) mass is 319 g/mol. The molecule has 1 atom stereocenters. The highest BCUT2D eigenvalue weighted by Gasteiger charge is 2.12. The number of non-ortho nitro benzene ring substituents is 1. The number of urea groups is 1. The minimum atomic E-state index is -1.00. The lowest BCUT2D eigenvalue weighted by atomic mass is 10.1. The van der Waals surface area contributed by atoms with Crippen molar-refractivity contribution in [1.82, 2.24) is 5.32 Å². The van der Waals surface area contributed by atoms with Crippen molar-refractivity contribution >= 4 is 17.4 Å². The van der Waals surface area contributed by atoms with Crippen LogP contribution >= 0.6 is 0 Å². The Morgan fingerprint density at radius 1 is 1.17 bits per heavy atom. The van der Waals surface area contributed by atoms with E-state index < -0.39 is 22.9 Å². The summed E-state index contributed by atoms with van der Waals surface area (Å²) in [5.41, 5.74) is 0.773. The molecule has 0 aliphatic carbocycles. The average molecular weight is 319 g/mol. The summed E-state index contributed by atoms with van der Waals surface area (Å²) in [4.78, 5) is 21.7. The molecule has 23 heavy (non-hydrogen) atoms. The number of carbonyl (C=O) groups is 1. The predicted molar refractivity (Wildman–Crippen MR) is 81.5 cm³/mol. The number of rotatable bonds is 5. The van der Waals surface area contributed by atoms with Gasteiger partial charge in [0.1, 0.15) is 5.82 Å². The zero-order valence-corrected chi connectivity index (χ0v) is 11.9. The number of aliphatic hydroxyl groups excluding tert-OH is 1. The first-order valence-electron chi connectivity index (χ1n) is 6.68. The topological polar surface area (TPSA) is 104 Å². The molecule has 2 aromatic rings. The average Bonchev–Trinajstić information content (AvgIpc) is 2.55. The molecule has 0 aliphatic heterocycles. The van der Waals surface area contributed by atoms with E-state index in [-0.39, 0.29) is 12.2 Å². The summed E-state index contributed by atoms with van der Waals surface area (Å²) in [6.07, 6.45) is -1.00. The number of anilines is 1. The van der Waals surface area contributed by atoms with Gasteiger partial charge in [-0.1, -0.05) is 0 Å². The molecule has 3 N–H and O–H groups in total. The van der Waals surface area contributed by atoms with Crippen molar-refractivity contribution < 1.29 is 19.2 Å². The van der Waals surface area contributed by atoms with E-state index in [1.165, 1.54) is 48.5 Å². The molecule has 120 valence electrons. The highest BCUT2D eigenvalue weighted by molar-refractivity contribution is 5.89. The van der Waals surface area contributed by atoms with E-state index in [1.807, 2.05) is 0 Å². The number of hydrogen-bond donors (Lipinski definition) is 3. The molecule has 0 radical (unpaired) electrons. The van der Waals surface area contributed by atoms with Crippen molar-refractivity contribution in [2.75, 3.05) is 11.9 Å². The van der Waals surface area contributed by atoms with Crippen LogP contribution in [0.1, 0.15) is 11.7 Å². The van der Waals surface area contributed by atoms with Crippen molar-refractivity contribution in [3.05, 3.63) is 70.0 Å². The largest absolute Gasteiger partial charge is 0.387 e. The second kappa shape index (κ2) is 7.32. The smallest absolute Gasteiger partial charge is 0.319 e. The molecule has 0 fully saturated rings. The van der Waals surface area contributed by atoms with Crippen molar-refractivity contribution in [1.29, 1.82) is 0 Å². The number of aliphatic hydroxyl groups is 1.